The van der Waals surface area contributed by atoms with Gasteiger partial charge in [-0.2, -0.15) is 0 Å². The molecule has 4 rings (SSSR count). The minimum absolute atomic E-state index is 0.0675. The van der Waals surface area contributed by atoms with Crippen LogP contribution in [-0.2, 0) is 14.8 Å². The lowest BCUT2D eigenvalue weighted by atomic mass is 9.87. The van der Waals surface area contributed by atoms with Crippen molar-refractivity contribution in [3.05, 3.63) is 102 Å². The summed E-state index contributed by atoms with van der Waals surface area (Å²) in [4.78, 5) is 13.2. The number of carbonyl (C=O) groups excluding carboxylic acids is 1. The average Bonchev–Trinajstić information content (AvgIpc) is 3.18. The lowest BCUT2D eigenvalue weighted by molar-refractivity contribution is -0.124. The van der Waals surface area contributed by atoms with E-state index in [9.17, 15) is 13.2 Å². The van der Waals surface area contributed by atoms with E-state index in [1.807, 2.05) is 73.7 Å². The van der Waals surface area contributed by atoms with E-state index in [0.717, 1.165) is 21.0 Å². The fourth-order valence-electron chi connectivity index (χ4n) is 4.25. The van der Waals surface area contributed by atoms with Crippen molar-refractivity contribution in [2.75, 3.05) is 7.11 Å². The number of hydrogen-bond acceptors (Lipinski definition) is 4. The summed E-state index contributed by atoms with van der Waals surface area (Å²) in [6.45, 7) is 1.89. The highest BCUT2D eigenvalue weighted by Gasteiger charge is 2.47. The highest BCUT2D eigenvalue weighted by atomic mass is 32.2. The third kappa shape index (κ3) is 4.18. The fraction of sp³-hybridized carbons (Fsp3) is 0.192. The zero-order valence-electron chi connectivity index (χ0n) is 18.0. The van der Waals surface area contributed by atoms with Gasteiger partial charge in [-0.15, -0.1) is 0 Å². The monoisotopic (exact) mass is 447 g/mol. The van der Waals surface area contributed by atoms with Crippen LogP contribution in [-0.4, -0.2) is 31.8 Å². The molecule has 0 aliphatic carbocycles. The third-order valence-corrected chi connectivity index (χ3v) is 7.60. The summed E-state index contributed by atoms with van der Waals surface area (Å²) >= 11 is 0. The molecule has 0 saturated carbocycles. The van der Waals surface area contributed by atoms with Gasteiger partial charge in [-0.05, 0) is 47.9 Å². The molecule has 0 N–H and O–H groups in total. The molecule has 0 aromatic heterocycles. The molecule has 5 nitrogen and oxygen atoms in total. The Morgan fingerprint density at radius 1 is 0.938 bits per heavy atom. The second-order valence-corrected chi connectivity index (χ2v) is 9.65. The number of nitrogens with zero attached hydrogens (tertiary/aromatic N) is 1. The lowest BCUT2D eigenvalue weighted by Gasteiger charge is -2.29. The van der Waals surface area contributed by atoms with Crippen molar-refractivity contribution in [3.8, 4) is 5.75 Å². The normalized spacial score (nSPS) is 19.2. The zero-order chi connectivity index (χ0) is 22.7. The summed E-state index contributed by atoms with van der Waals surface area (Å²) in [5, 5.41) is 0. The molecule has 2 atom stereocenters. The van der Waals surface area contributed by atoms with Gasteiger partial charge in [-0.1, -0.05) is 66.7 Å². The molecule has 1 aliphatic rings. The van der Waals surface area contributed by atoms with Crippen LogP contribution >= 0.6 is 0 Å². The smallest absolute Gasteiger partial charge is 0.267 e. The Kier molecular flexibility index (Phi) is 6.15. The highest BCUT2D eigenvalue weighted by molar-refractivity contribution is 7.89. The number of benzene rings is 3. The zero-order valence-corrected chi connectivity index (χ0v) is 18.8. The molecule has 1 saturated heterocycles. The van der Waals surface area contributed by atoms with E-state index in [4.69, 9.17) is 4.74 Å². The maximum atomic E-state index is 13.6. The lowest BCUT2D eigenvalue weighted by Crippen LogP contribution is -2.40. The molecule has 1 amide bonds. The second-order valence-electron chi connectivity index (χ2n) is 7.84. The average molecular weight is 448 g/mol. The van der Waals surface area contributed by atoms with Crippen molar-refractivity contribution >= 4 is 22.0 Å². The Morgan fingerprint density at radius 2 is 1.53 bits per heavy atom. The van der Waals surface area contributed by atoms with Gasteiger partial charge < -0.3 is 4.74 Å². The largest absolute Gasteiger partial charge is 0.497 e. The van der Waals surface area contributed by atoms with Crippen LogP contribution in [0.3, 0.4) is 0 Å². The van der Waals surface area contributed by atoms with Crippen LogP contribution in [0, 0.1) is 0 Å². The van der Waals surface area contributed by atoms with Crippen LogP contribution in [0.1, 0.15) is 30.4 Å². The molecule has 1 heterocycles. The number of sulfonamides is 1. The van der Waals surface area contributed by atoms with Gasteiger partial charge in [-0.3, -0.25) is 4.79 Å². The van der Waals surface area contributed by atoms with Crippen LogP contribution in [0.25, 0.3) is 6.08 Å². The van der Waals surface area contributed by atoms with Crippen molar-refractivity contribution in [1.82, 2.24) is 4.31 Å². The summed E-state index contributed by atoms with van der Waals surface area (Å²) < 4.78 is 33.5. The minimum Gasteiger partial charge on any atom is -0.497 e. The van der Waals surface area contributed by atoms with Crippen molar-refractivity contribution in [2.45, 2.75) is 30.2 Å². The first-order chi connectivity index (χ1) is 15.4. The number of hydrogen-bond donors (Lipinski definition) is 0. The van der Waals surface area contributed by atoms with Crippen LogP contribution in [0.5, 0.6) is 5.75 Å². The van der Waals surface area contributed by atoms with Gasteiger partial charge in [0.2, 0.25) is 5.91 Å². The van der Waals surface area contributed by atoms with Crippen LogP contribution < -0.4 is 4.74 Å². The van der Waals surface area contributed by atoms with Crippen molar-refractivity contribution in [2.24, 2.45) is 0 Å². The molecule has 3 aromatic carbocycles. The van der Waals surface area contributed by atoms with Gasteiger partial charge in [0.05, 0.1) is 18.0 Å². The summed E-state index contributed by atoms with van der Waals surface area (Å²) in [6.07, 6.45) is 2.08. The Labute approximate surface area is 189 Å². The predicted octanol–water partition coefficient (Wildman–Crippen LogP) is 4.87. The number of amides is 1. The van der Waals surface area contributed by atoms with Crippen molar-refractivity contribution in [1.29, 1.82) is 0 Å². The molecule has 1 aliphatic heterocycles. The van der Waals surface area contributed by atoms with E-state index in [0.29, 0.717) is 5.75 Å². The summed E-state index contributed by atoms with van der Waals surface area (Å²) in [5.74, 6) is -0.118. The number of rotatable bonds is 6. The van der Waals surface area contributed by atoms with E-state index in [1.54, 1.807) is 12.1 Å². The fourth-order valence-corrected chi connectivity index (χ4v) is 5.92. The molecular formula is C26H25NO4S. The first-order valence-electron chi connectivity index (χ1n) is 10.4. The van der Waals surface area contributed by atoms with Gasteiger partial charge in [0.25, 0.3) is 10.0 Å². The van der Waals surface area contributed by atoms with Crippen LogP contribution in [0.2, 0.25) is 0 Å². The van der Waals surface area contributed by atoms with Gasteiger partial charge in [0.1, 0.15) is 5.75 Å². The van der Waals surface area contributed by atoms with Crippen LogP contribution in [0.4, 0.5) is 0 Å². The molecule has 1 fully saturated rings. The van der Waals surface area contributed by atoms with Gasteiger partial charge in [0, 0.05) is 12.3 Å². The number of methoxy groups -OCH3 is 1. The van der Waals surface area contributed by atoms with E-state index >= 15 is 0 Å². The summed E-state index contributed by atoms with van der Waals surface area (Å²) in [7, 11) is -2.53. The molecule has 3 aromatic rings. The van der Waals surface area contributed by atoms with E-state index < -0.39 is 22.0 Å². The molecule has 164 valence electrons. The Hall–Kier alpha value is -3.38. The number of carbonyl (C=O) groups is 1. The maximum Gasteiger partial charge on any atom is 0.267 e. The van der Waals surface area contributed by atoms with Gasteiger partial charge >= 0.3 is 0 Å². The standard InChI is InChI=1S/C26H25NO4S/c1-19(17-20-9-5-3-6-10-20)26-24(21-11-7-4-8-12-21)18-25(28)27(26)32(29,30)23-15-13-22(31-2)14-16-23/h3-17,24,26H,18H2,1-2H3/b19-17+/t24-,26+/m1/s1. The summed E-state index contributed by atoms with van der Waals surface area (Å²) in [5.41, 5.74) is 2.71. The molecule has 0 spiro atoms. The molecule has 6 heteroatoms. The minimum atomic E-state index is -4.05. The topological polar surface area (TPSA) is 63.7 Å². The molecule has 0 unspecified atom stereocenters. The molecule has 0 radical (unpaired) electrons. The predicted molar refractivity (Wildman–Crippen MR) is 125 cm³/mol. The maximum absolute atomic E-state index is 13.6. The van der Waals surface area contributed by atoms with E-state index in [1.165, 1.54) is 19.2 Å². The van der Waals surface area contributed by atoms with Crippen molar-refractivity contribution < 1.29 is 17.9 Å². The SMILES string of the molecule is COc1ccc(S(=O)(=O)N2C(=O)C[C@H](c3ccccc3)[C@@H]2/C(C)=C/c2ccccc2)cc1. The third-order valence-electron chi connectivity index (χ3n) is 5.78. The molecule has 32 heavy (non-hydrogen) atoms. The quantitative estimate of drug-likeness (QED) is 0.541. The highest BCUT2D eigenvalue weighted by Crippen LogP contribution is 2.41. The van der Waals surface area contributed by atoms with Gasteiger partial charge in [-0.25, -0.2) is 12.7 Å². The van der Waals surface area contributed by atoms with E-state index in [2.05, 4.69) is 0 Å². The first kappa shape index (κ1) is 21.8. The van der Waals surface area contributed by atoms with Crippen LogP contribution in [0.15, 0.2) is 95.4 Å². The Balaban J connectivity index is 1.81. The molecular weight excluding hydrogens is 422 g/mol. The number of ether oxygens (including phenoxy) is 1. The second kappa shape index (κ2) is 9.01. The first-order valence-corrected chi connectivity index (χ1v) is 11.9. The molecule has 0 bridgehead atoms. The van der Waals surface area contributed by atoms with E-state index in [-0.39, 0.29) is 17.2 Å². The Bertz CT molecular complexity index is 1220. The van der Waals surface area contributed by atoms with Crippen molar-refractivity contribution in [3.63, 3.8) is 0 Å². The Morgan fingerprint density at radius 3 is 2.12 bits per heavy atom. The van der Waals surface area contributed by atoms with Gasteiger partial charge in [0.15, 0.2) is 0 Å². The summed E-state index contributed by atoms with van der Waals surface area (Å²) in [6, 6.07) is 24.8.